The van der Waals surface area contributed by atoms with Gasteiger partial charge in [-0.1, -0.05) is 13.8 Å². The zero-order valence-electron chi connectivity index (χ0n) is 15.3. The Balaban J connectivity index is 3.14. The van der Waals surface area contributed by atoms with Gasteiger partial charge in [0, 0.05) is 14.2 Å². The van der Waals surface area contributed by atoms with Crippen molar-refractivity contribution in [1.29, 1.82) is 0 Å². The van der Waals surface area contributed by atoms with Gasteiger partial charge in [0.1, 0.15) is 23.6 Å². The molecule has 0 aromatic heterocycles. The van der Waals surface area contributed by atoms with Crippen LogP contribution >= 0.6 is 7.14 Å². The van der Waals surface area contributed by atoms with E-state index >= 15 is 0 Å². The smallest absolute Gasteiger partial charge is 0.220 e. The lowest BCUT2D eigenvalue weighted by Gasteiger charge is -2.50. The van der Waals surface area contributed by atoms with Crippen molar-refractivity contribution in [3.63, 3.8) is 0 Å². The van der Waals surface area contributed by atoms with Gasteiger partial charge in [0.25, 0.3) is 0 Å². The van der Waals surface area contributed by atoms with Gasteiger partial charge in [-0.05, 0) is 26.7 Å². The third kappa shape index (κ3) is 3.57. The molecule has 0 spiro atoms. The van der Waals surface area contributed by atoms with E-state index in [9.17, 15) is 19.9 Å². The van der Waals surface area contributed by atoms with Crippen molar-refractivity contribution in [2.75, 3.05) is 20.8 Å². The number of ether oxygens (including phenoxy) is 4. The summed E-state index contributed by atoms with van der Waals surface area (Å²) in [5, 5.41) is 31.0. The fraction of sp³-hybridized carbons (Fsp3) is 1.00. The van der Waals surface area contributed by atoms with Gasteiger partial charge in [-0.2, -0.15) is 0 Å². The van der Waals surface area contributed by atoms with Crippen LogP contribution in [0.15, 0.2) is 0 Å². The Morgan fingerprint density at radius 1 is 1.08 bits per heavy atom. The molecule has 6 atom stereocenters. The van der Waals surface area contributed by atoms with Crippen LogP contribution in [0.1, 0.15) is 40.5 Å². The molecule has 0 radical (unpaired) electrons. The van der Waals surface area contributed by atoms with Crippen molar-refractivity contribution in [3.05, 3.63) is 0 Å². The molecule has 0 saturated carbocycles. The van der Waals surface area contributed by atoms with Gasteiger partial charge in [-0.25, -0.2) is 0 Å². The first kappa shape index (κ1) is 22.0. The highest BCUT2D eigenvalue weighted by molar-refractivity contribution is 7.65. The number of rotatable bonds is 8. The first-order valence-corrected chi connectivity index (χ1v) is 10.0. The lowest BCUT2D eigenvalue weighted by atomic mass is 10.1. The van der Waals surface area contributed by atoms with E-state index in [1.165, 1.54) is 14.2 Å². The zero-order valence-corrected chi connectivity index (χ0v) is 16.2. The Kier molecular flexibility index (Phi) is 7.42. The maximum atomic E-state index is 13.2. The van der Waals surface area contributed by atoms with E-state index in [4.69, 9.17) is 18.9 Å². The van der Waals surface area contributed by atoms with Gasteiger partial charge in [0.2, 0.25) is 11.6 Å². The van der Waals surface area contributed by atoms with Crippen LogP contribution in [0.5, 0.6) is 0 Å². The van der Waals surface area contributed by atoms with Gasteiger partial charge >= 0.3 is 0 Å². The van der Waals surface area contributed by atoms with Crippen LogP contribution < -0.4 is 0 Å². The summed E-state index contributed by atoms with van der Waals surface area (Å²) < 4.78 is 35.4. The molecule has 3 N–H and O–H groups in total. The third-order valence-corrected chi connectivity index (χ3v) is 8.66. The Bertz CT molecular complexity index is 447. The summed E-state index contributed by atoms with van der Waals surface area (Å²) >= 11 is 0. The first-order valence-electron chi connectivity index (χ1n) is 8.11. The number of hydrogen-bond acceptors (Lipinski definition) is 8. The minimum Gasteiger partial charge on any atom is -0.385 e. The first-order chi connectivity index (χ1) is 11.1. The van der Waals surface area contributed by atoms with Crippen molar-refractivity contribution in [2.45, 2.75) is 75.7 Å². The quantitative estimate of drug-likeness (QED) is 0.547. The molecule has 1 fully saturated rings. The normalized spacial score (nSPS) is 37.5. The van der Waals surface area contributed by atoms with Crippen LogP contribution in [0.25, 0.3) is 0 Å². The monoisotopic (exact) mass is 370 g/mol. The molecule has 1 aliphatic heterocycles. The highest BCUT2D eigenvalue weighted by Crippen LogP contribution is 2.60. The molecule has 24 heavy (non-hydrogen) atoms. The van der Waals surface area contributed by atoms with E-state index in [-0.39, 0.29) is 19.4 Å². The van der Waals surface area contributed by atoms with Crippen LogP contribution in [0.3, 0.4) is 0 Å². The number of methoxy groups -OCH3 is 2. The summed E-state index contributed by atoms with van der Waals surface area (Å²) in [6.07, 6.45) is -0.779. The molecule has 1 aliphatic rings. The van der Waals surface area contributed by atoms with Gasteiger partial charge in [-0.3, -0.25) is 0 Å². The van der Waals surface area contributed by atoms with Gasteiger partial charge < -0.3 is 38.8 Å². The van der Waals surface area contributed by atoms with Crippen molar-refractivity contribution < 1.29 is 38.8 Å². The second kappa shape index (κ2) is 8.10. The summed E-state index contributed by atoms with van der Waals surface area (Å²) in [7, 11) is -0.979. The van der Waals surface area contributed by atoms with Gasteiger partial charge in [0.15, 0.2) is 7.14 Å². The molecule has 0 bridgehead atoms. The highest BCUT2D eigenvalue weighted by Gasteiger charge is 2.57. The predicted molar refractivity (Wildman–Crippen MR) is 87.9 cm³/mol. The number of aliphatic hydroxyl groups excluding tert-OH is 3. The Morgan fingerprint density at radius 2 is 1.54 bits per heavy atom. The molecule has 1 saturated heterocycles. The minimum absolute atomic E-state index is 0.124. The minimum atomic E-state index is -3.81. The standard InChI is InChI=1S/C15H31O8P/c1-7-11(16)24(19,12(17)8-2)13(18)10-9-22-14(3,20-5)15(4,21-6)23-10/h10-13,16-18H,7-9H2,1-6H3/t10-,11?,12?,13-,14+,15+,24?/m0/s1. The average Bonchev–Trinajstić information content (AvgIpc) is 2.60. The molecular formula is C15H31O8P. The van der Waals surface area contributed by atoms with E-state index < -0.39 is 42.4 Å². The van der Waals surface area contributed by atoms with E-state index in [1.807, 2.05) is 0 Å². The molecule has 0 aliphatic carbocycles. The lowest BCUT2D eigenvalue weighted by molar-refractivity contribution is -0.434. The summed E-state index contributed by atoms with van der Waals surface area (Å²) in [5.41, 5.74) is 0. The van der Waals surface area contributed by atoms with E-state index in [0.29, 0.717) is 0 Å². The summed E-state index contributed by atoms with van der Waals surface area (Å²) in [6, 6.07) is 0. The summed E-state index contributed by atoms with van der Waals surface area (Å²) in [4.78, 5) is 0. The van der Waals surface area contributed by atoms with Crippen molar-refractivity contribution in [3.8, 4) is 0 Å². The Morgan fingerprint density at radius 3 is 1.92 bits per heavy atom. The van der Waals surface area contributed by atoms with Gasteiger partial charge in [0.05, 0.1) is 6.61 Å². The van der Waals surface area contributed by atoms with E-state index in [1.54, 1.807) is 27.7 Å². The SMILES string of the molecule is CCC(O)P(=O)(C(O)CC)[C@H](O)[C@@H]1CO[C@@](C)(OC)[C@](C)(OC)O1. The Labute approximate surface area is 143 Å². The maximum Gasteiger partial charge on any atom is 0.220 e. The largest absolute Gasteiger partial charge is 0.385 e. The molecule has 0 aromatic carbocycles. The molecule has 8 nitrogen and oxygen atoms in total. The molecule has 0 amide bonds. The molecule has 2 unspecified atom stereocenters. The molecule has 144 valence electrons. The molecular weight excluding hydrogens is 339 g/mol. The van der Waals surface area contributed by atoms with E-state index in [2.05, 4.69) is 0 Å². The van der Waals surface area contributed by atoms with Gasteiger partial charge in [-0.15, -0.1) is 0 Å². The van der Waals surface area contributed by atoms with Crippen LogP contribution in [-0.2, 0) is 23.5 Å². The van der Waals surface area contributed by atoms with Crippen LogP contribution in [0.4, 0.5) is 0 Å². The van der Waals surface area contributed by atoms with Crippen molar-refractivity contribution in [1.82, 2.24) is 0 Å². The molecule has 1 rings (SSSR count). The number of hydrogen-bond donors (Lipinski definition) is 3. The highest BCUT2D eigenvalue weighted by atomic mass is 31.2. The summed E-state index contributed by atoms with van der Waals surface area (Å²) in [6.45, 7) is 6.34. The third-order valence-electron chi connectivity index (χ3n) is 4.91. The lowest BCUT2D eigenvalue weighted by Crippen LogP contribution is -2.64. The molecule has 0 aromatic rings. The maximum absolute atomic E-state index is 13.2. The van der Waals surface area contributed by atoms with E-state index in [0.717, 1.165) is 0 Å². The average molecular weight is 370 g/mol. The fourth-order valence-electron chi connectivity index (χ4n) is 2.81. The summed E-state index contributed by atoms with van der Waals surface area (Å²) in [5.74, 6) is -6.87. The van der Waals surface area contributed by atoms with Crippen LogP contribution in [0, 0.1) is 0 Å². The number of aliphatic hydroxyl groups is 3. The zero-order chi connectivity index (χ0) is 18.8. The molecule has 9 heteroatoms. The van der Waals surface area contributed by atoms with Crippen LogP contribution in [0.2, 0.25) is 0 Å². The van der Waals surface area contributed by atoms with Crippen molar-refractivity contribution >= 4 is 7.14 Å². The topological polar surface area (TPSA) is 115 Å². The fourth-order valence-corrected chi connectivity index (χ4v) is 5.72. The second-order valence-electron chi connectivity index (χ2n) is 6.22. The Hall–Kier alpha value is -0.0500. The second-order valence-corrected chi connectivity index (χ2v) is 9.47. The van der Waals surface area contributed by atoms with Crippen LogP contribution in [-0.4, -0.2) is 71.4 Å². The predicted octanol–water partition coefficient (Wildman–Crippen LogP) is 1.27. The molecule has 1 heterocycles. The van der Waals surface area contributed by atoms with Crippen molar-refractivity contribution in [2.24, 2.45) is 0 Å².